The summed E-state index contributed by atoms with van der Waals surface area (Å²) in [7, 11) is 0. The van der Waals surface area contributed by atoms with Crippen LogP contribution in [0.15, 0.2) is 29.2 Å². The molecular weight excluding hydrogens is 258 g/mol. The molecule has 2 rings (SSSR count). The summed E-state index contributed by atoms with van der Waals surface area (Å²) < 4.78 is 1.05. The maximum atomic E-state index is 12.4. The number of carbonyl (C=O) groups excluding carboxylic acids is 2. The molecule has 0 bridgehead atoms. The number of pyridine rings is 2. The van der Waals surface area contributed by atoms with Gasteiger partial charge in [0.15, 0.2) is 5.65 Å². The van der Waals surface area contributed by atoms with Crippen molar-refractivity contribution < 1.29 is 9.59 Å². The van der Waals surface area contributed by atoms with Crippen LogP contribution in [-0.2, 0) is 16.0 Å². The number of amides is 2. The second-order valence-electron chi connectivity index (χ2n) is 4.41. The van der Waals surface area contributed by atoms with Gasteiger partial charge < -0.3 is 0 Å². The zero-order chi connectivity index (χ0) is 14.9. The molecule has 2 aromatic rings. The molecule has 0 spiro atoms. The third-order valence-electron chi connectivity index (χ3n) is 2.99. The Morgan fingerprint density at radius 1 is 1.30 bits per heavy atom. The molecule has 0 aliphatic heterocycles. The van der Waals surface area contributed by atoms with Crippen molar-refractivity contribution in [2.75, 3.05) is 5.01 Å². The molecule has 2 amide bonds. The number of aryl methyl sites for hydroxylation is 1. The summed E-state index contributed by atoms with van der Waals surface area (Å²) in [6.07, 6.45) is 2.02. The van der Waals surface area contributed by atoms with Crippen molar-refractivity contribution in [3.8, 4) is 0 Å². The van der Waals surface area contributed by atoms with E-state index in [4.69, 9.17) is 0 Å². The van der Waals surface area contributed by atoms with Crippen LogP contribution in [-0.4, -0.2) is 21.5 Å². The Labute approximate surface area is 115 Å². The average Bonchev–Trinajstić information content (AvgIpc) is 2.40. The minimum atomic E-state index is -0.528. The Balaban J connectivity index is 2.92. The van der Waals surface area contributed by atoms with Gasteiger partial charge in [-0.1, -0.05) is 6.92 Å². The Morgan fingerprint density at radius 2 is 1.95 bits per heavy atom. The van der Waals surface area contributed by atoms with E-state index in [0.717, 1.165) is 9.69 Å². The summed E-state index contributed by atoms with van der Waals surface area (Å²) in [5.41, 5.74) is 0.419. The molecule has 0 atom stereocenters. The second kappa shape index (κ2) is 5.24. The van der Waals surface area contributed by atoms with Crippen molar-refractivity contribution in [2.24, 2.45) is 0 Å². The fraction of sp³-hybridized carbons (Fsp3) is 0.286. The molecule has 20 heavy (non-hydrogen) atoms. The molecule has 0 aliphatic rings. The number of hydrogen-bond donors (Lipinski definition) is 0. The summed E-state index contributed by atoms with van der Waals surface area (Å²) >= 11 is 0. The molecular formula is C14H15N3O3. The van der Waals surface area contributed by atoms with Crippen molar-refractivity contribution in [3.05, 3.63) is 40.3 Å². The number of nitrogens with zero attached hydrogens (tertiary/aromatic N) is 3. The van der Waals surface area contributed by atoms with Gasteiger partial charge in [-0.2, -0.15) is 9.69 Å². The van der Waals surface area contributed by atoms with E-state index in [9.17, 15) is 14.4 Å². The molecule has 6 nitrogen and oxygen atoms in total. The van der Waals surface area contributed by atoms with Gasteiger partial charge in [0.05, 0.1) is 0 Å². The fourth-order valence-electron chi connectivity index (χ4n) is 2.12. The largest absolute Gasteiger partial charge is 0.274 e. The lowest BCUT2D eigenvalue weighted by molar-refractivity contribution is -0.126. The molecule has 0 aliphatic carbocycles. The van der Waals surface area contributed by atoms with Crippen LogP contribution in [0.5, 0.6) is 0 Å². The molecule has 6 heteroatoms. The van der Waals surface area contributed by atoms with E-state index in [2.05, 4.69) is 4.98 Å². The topological polar surface area (TPSA) is 72.3 Å². The smallest absolute Gasteiger partial charge is 0.273 e. The van der Waals surface area contributed by atoms with E-state index >= 15 is 0 Å². The van der Waals surface area contributed by atoms with Crippen LogP contribution in [0.25, 0.3) is 11.0 Å². The van der Waals surface area contributed by atoms with Crippen molar-refractivity contribution in [3.63, 3.8) is 0 Å². The summed E-state index contributed by atoms with van der Waals surface area (Å²) in [5, 5.41) is 1.52. The van der Waals surface area contributed by atoms with Gasteiger partial charge in [-0.15, -0.1) is 0 Å². The van der Waals surface area contributed by atoms with Crippen molar-refractivity contribution in [2.45, 2.75) is 27.2 Å². The normalized spacial score (nSPS) is 10.6. The summed E-state index contributed by atoms with van der Waals surface area (Å²) in [4.78, 5) is 40.0. The van der Waals surface area contributed by atoms with E-state index < -0.39 is 17.4 Å². The van der Waals surface area contributed by atoms with Crippen molar-refractivity contribution >= 4 is 22.8 Å². The van der Waals surface area contributed by atoms with Gasteiger partial charge in [-0.3, -0.25) is 14.4 Å². The zero-order valence-corrected chi connectivity index (χ0v) is 11.6. The van der Waals surface area contributed by atoms with Gasteiger partial charge in [0.25, 0.3) is 5.56 Å². The predicted octanol–water partition coefficient (Wildman–Crippen LogP) is 0.990. The third-order valence-corrected chi connectivity index (χ3v) is 2.99. The van der Waals surface area contributed by atoms with Gasteiger partial charge in [-0.05, 0) is 24.6 Å². The minimum absolute atomic E-state index is 0.292. The monoisotopic (exact) mass is 273 g/mol. The highest BCUT2D eigenvalue weighted by molar-refractivity contribution is 6.07. The Kier molecular flexibility index (Phi) is 3.65. The Hall–Kier alpha value is -2.50. The summed E-state index contributed by atoms with van der Waals surface area (Å²) in [6.45, 7) is 4.32. The van der Waals surface area contributed by atoms with Gasteiger partial charge >= 0.3 is 0 Å². The molecule has 2 heterocycles. The van der Waals surface area contributed by atoms with Gasteiger partial charge in [0.2, 0.25) is 11.8 Å². The van der Waals surface area contributed by atoms with E-state index in [1.54, 1.807) is 18.2 Å². The molecule has 0 saturated heterocycles. The minimum Gasteiger partial charge on any atom is -0.273 e. The summed E-state index contributed by atoms with van der Waals surface area (Å²) in [5.74, 6) is -1.06. The van der Waals surface area contributed by atoms with E-state index in [1.807, 2.05) is 6.92 Å². The fourth-order valence-corrected chi connectivity index (χ4v) is 2.12. The molecule has 0 unspecified atom stereocenters. The quantitative estimate of drug-likeness (QED) is 0.818. The number of rotatable bonds is 2. The molecule has 0 radical (unpaired) electrons. The third kappa shape index (κ3) is 2.20. The molecule has 0 aromatic carbocycles. The van der Waals surface area contributed by atoms with E-state index in [1.165, 1.54) is 20.0 Å². The number of hydrogen-bond acceptors (Lipinski definition) is 4. The highest BCUT2D eigenvalue weighted by atomic mass is 16.2. The maximum Gasteiger partial charge on any atom is 0.274 e. The average molecular weight is 273 g/mol. The molecule has 0 N–H and O–H groups in total. The van der Waals surface area contributed by atoms with Gasteiger partial charge in [-0.25, -0.2) is 4.98 Å². The highest BCUT2D eigenvalue weighted by Gasteiger charge is 2.21. The lowest BCUT2D eigenvalue weighted by Crippen LogP contribution is -2.49. The lowest BCUT2D eigenvalue weighted by Gasteiger charge is -2.21. The number of imide groups is 1. The highest BCUT2D eigenvalue weighted by Crippen LogP contribution is 2.12. The number of fused-ring (bicyclic) bond motifs is 1. The number of aromatic nitrogens is 2. The van der Waals surface area contributed by atoms with Gasteiger partial charge in [0, 0.05) is 31.0 Å². The molecule has 2 aromatic heterocycles. The first kappa shape index (κ1) is 13.9. The molecule has 0 fully saturated rings. The predicted molar refractivity (Wildman–Crippen MR) is 75.0 cm³/mol. The second-order valence-corrected chi connectivity index (χ2v) is 4.41. The van der Waals surface area contributed by atoms with Crippen LogP contribution >= 0.6 is 0 Å². The van der Waals surface area contributed by atoms with E-state index in [0.29, 0.717) is 23.0 Å². The summed E-state index contributed by atoms with van der Waals surface area (Å²) in [6, 6.07) is 5.26. The standard InChI is InChI=1S/C14H15N3O3/c1-4-11-8-12-6-5-7-15-13(12)17(14(11)20)16(9(2)18)10(3)19/h5-8H,4H2,1-3H3. The maximum absolute atomic E-state index is 12.4. The van der Waals surface area contributed by atoms with Crippen LogP contribution < -0.4 is 10.6 Å². The first-order valence-corrected chi connectivity index (χ1v) is 6.28. The Bertz CT molecular complexity index is 735. The number of carbonyl (C=O) groups is 2. The lowest BCUT2D eigenvalue weighted by atomic mass is 10.1. The van der Waals surface area contributed by atoms with E-state index in [-0.39, 0.29) is 0 Å². The van der Waals surface area contributed by atoms with Crippen molar-refractivity contribution in [1.29, 1.82) is 0 Å². The SMILES string of the molecule is CCc1cc2cccnc2n(N(C(C)=O)C(C)=O)c1=O. The van der Waals surface area contributed by atoms with Gasteiger partial charge in [0.1, 0.15) is 0 Å². The first-order chi connectivity index (χ1) is 9.47. The van der Waals surface area contributed by atoms with Crippen LogP contribution in [0.3, 0.4) is 0 Å². The zero-order valence-electron chi connectivity index (χ0n) is 11.6. The van der Waals surface area contributed by atoms with Crippen LogP contribution in [0.2, 0.25) is 0 Å². The van der Waals surface area contributed by atoms with Crippen LogP contribution in [0.1, 0.15) is 26.3 Å². The first-order valence-electron chi connectivity index (χ1n) is 6.28. The Morgan fingerprint density at radius 3 is 2.50 bits per heavy atom. The van der Waals surface area contributed by atoms with Crippen LogP contribution in [0, 0.1) is 0 Å². The molecule has 0 saturated carbocycles. The van der Waals surface area contributed by atoms with Crippen molar-refractivity contribution in [1.82, 2.24) is 9.66 Å². The molecule has 104 valence electrons. The van der Waals surface area contributed by atoms with Crippen LogP contribution in [0.4, 0.5) is 0 Å².